The number of nitrogens with zero attached hydrogens (tertiary/aromatic N) is 1. The molecule has 2 amide bonds. The quantitative estimate of drug-likeness (QED) is 0.597. The summed E-state index contributed by atoms with van der Waals surface area (Å²) >= 11 is 0. The van der Waals surface area contributed by atoms with E-state index < -0.39 is 33.1 Å². The molecule has 2 fully saturated rings. The Morgan fingerprint density at radius 1 is 1.29 bits per heavy atom. The molecule has 172 valence electrons. The third-order valence-electron chi connectivity index (χ3n) is 7.48. The number of rotatable bonds is 3. The molecule has 4 N–H and O–H groups in total. The first-order valence-electron chi connectivity index (χ1n) is 11.2. The van der Waals surface area contributed by atoms with Crippen LogP contribution in [0.1, 0.15) is 73.1 Å². The first kappa shape index (κ1) is 22.6. The summed E-state index contributed by atoms with van der Waals surface area (Å²) in [6.07, 6.45) is 10.3. The van der Waals surface area contributed by atoms with Crippen molar-refractivity contribution in [2.24, 2.45) is 26.8 Å². The predicted molar refractivity (Wildman–Crippen MR) is 121 cm³/mol. The Morgan fingerprint density at radius 2 is 2.00 bits per heavy atom. The smallest absolute Gasteiger partial charge is 0.354 e. The van der Waals surface area contributed by atoms with Crippen LogP contribution >= 0.6 is 0 Å². The van der Waals surface area contributed by atoms with Gasteiger partial charge >= 0.3 is 6.03 Å². The Balaban J connectivity index is 1.63. The van der Waals surface area contributed by atoms with Crippen molar-refractivity contribution in [3.63, 3.8) is 0 Å². The summed E-state index contributed by atoms with van der Waals surface area (Å²) in [7, 11) is -3.58. The minimum Gasteiger partial charge on any atom is -0.477 e. The Labute approximate surface area is 185 Å². The number of allylic oxidation sites excluding steroid dienone is 4. The molecule has 0 bridgehead atoms. The van der Waals surface area contributed by atoms with Crippen LogP contribution in [-0.4, -0.2) is 26.5 Å². The van der Waals surface area contributed by atoms with Gasteiger partial charge in [-0.05, 0) is 82.9 Å². The van der Waals surface area contributed by atoms with Crippen molar-refractivity contribution < 1.29 is 18.8 Å². The van der Waals surface area contributed by atoms with Crippen molar-refractivity contribution in [3.05, 3.63) is 34.1 Å². The fraction of sp³-hybridized carbons (Fsp3) is 0.696. The van der Waals surface area contributed by atoms with E-state index in [1.54, 1.807) is 33.8 Å². The first-order valence-corrected chi connectivity index (χ1v) is 12.8. The second-order valence-corrected chi connectivity index (χ2v) is 12.5. The van der Waals surface area contributed by atoms with Crippen molar-refractivity contribution in [1.82, 2.24) is 5.32 Å². The van der Waals surface area contributed by atoms with E-state index in [9.17, 15) is 14.1 Å². The maximum Gasteiger partial charge on any atom is 0.354 e. The molecule has 0 aromatic rings. The largest absolute Gasteiger partial charge is 0.477 e. The topological polar surface area (TPSA) is 114 Å². The van der Waals surface area contributed by atoms with E-state index in [1.807, 2.05) is 0 Å². The van der Waals surface area contributed by atoms with Crippen LogP contribution in [0.5, 0.6) is 0 Å². The summed E-state index contributed by atoms with van der Waals surface area (Å²) in [6.45, 7) is 9.10. The van der Waals surface area contributed by atoms with Crippen molar-refractivity contribution >= 4 is 15.9 Å². The third kappa shape index (κ3) is 3.87. The molecule has 1 aliphatic heterocycles. The fourth-order valence-corrected chi connectivity index (χ4v) is 7.06. The number of aliphatic hydroxyl groups is 1. The van der Waals surface area contributed by atoms with Crippen LogP contribution in [0.3, 0.4) is 0 Å². The number of carbonyl (C=O) groups is 1. The van der Waals surface area contributed by atoms with Gasteiger partial charge in [0.25, 0.3) is 0 Å². The zero-order valence-corrected chi connectivity index (χ0v) is 20.0. The lowest BCUT2D eigenvalue weighted by Gasteiger charge is -2.38. The van der Waals surface area contributed by atoms with Gasteiger partial charge in [-0.15, -0.1) is 4.36 Å². The van der Waals surface area contributed by atoms with Gasteiger partial charge in [-0.1, -0.05) is 19.4 Å². The van der Waals surface area contributed by atoms with Crippen molar-refractivity contribution in [1.29, 1.82) is 0 Å². The second kappa shape index (κ2) is 7.18. The lowest BCUT2D eigenvalue weighted by atomic mass is 9.70. The van der Waals surface area contributed by atoms with Gasteiger partial charge in [0.05, 0.1) is 5.60 Å². The highest BCUT2D eigenvalue weighted by molar-refractivity contribution is 7.95. The molecular weight excluding hydrogens is 414 g/mol. The number of ether oxygens (including phenoxy) is 1. The minimum absolute atomic E-state index is 0.0486. The molecule has 4 atom stereocenters. The molecule has 0 aromatic carbocycles. The van der Waals surface area contributed by atoms with Gasteiger partial charge < -0.3 is 15.2 Å². The first-order chi connectivity index (χ1) is 14.2. The van der Waals surface area contributed by atoms with Crippen molar-refractivity contribution in [2.75, 3.05) is 0 Å². The summed E-state index contributed by atoms with van der Waals surface area (Å²) in [4.78, 5) is 12.9. The summed E-state index contributed by atoms with van der Waals surface area (Å²) in [6, 6.07) is -0.705. The molecule has 0 radical (unpaired) electrons. The van der Waals surface area contributed by atoms with Gasteiger partial charge in [0.2, 0.25) is 5.09 Å². The maximum atomic E-state index is 13.2. The van der Waals surface area contributed by atoms with Gasteiger partial charge in [-0.3, -0.25) is 0 Å². The number of nitrogens with two attached hydrogens (primary N) is 1. The maximum absolute atomic E-state index is 13.2. The molecule has 0 spiro atoms. The molecule has 3 aliphatic carbocycles. The summed E-state index contributed by atoms with van der Waals surface area (Å²) in [5, 5.41) is 19.4. The summed E-state index contributed by atoms with van der Waals surface area (Å²) in [5.74, 6) is -0.0265. The number of carbonyl (C=O) groups excluding carboxylic acids is 1. The fourth-order valence-electron chi connectivity index (χ4n) is 6.02. The van der Waals surface area contributed by atoms with E-state index in [4.69, 9.17) is 9.88 Å². The van der Waals surface area contributed by atoms with Gasteiger partial charge in [0.15, 0.2) is 9.92 Å². The molecule has 4 aliphatic rings. The Bertz CT molecular complexity index is 1020. The standard InChI is InChI=1S/C23H35N3O4S/c1-21(2,28)17-13-18(30-22(17,3)4)31(24,29)26-20(27)25-19-16-10-6-8-14(16)12-15-9-7-11-23(15,19)5/h12-13,15,17,28H,6-11H2,1-5H3,(H3,24,25,26,27,29). The Morgan fingerprint density at radius 3 is 2.65 bits per heavy atom. The van der Waals surface area contributed by atoms with E-state index in [2.05, 4.69) is 22.7 Å². The number of amides is 2. The van der Waals surface area contributed by atoms with E-state index in [1.165, 1.54) is 11.1 Å². The molecule has 8 heteroatoms. The molecule has 4 rings (SSSR count). The molecule has 0 aromatic heterocycles. The Kier molecular flexibility index (Phi) is 5.23. The van der Waals surface area contributed by atoms with E-state index >= 15 is 0 Å². The van der Waals surface area contributed by atoms with Crippen LogP contribution in [0, 0.1) is 17.3 Å². The van der Waals surface area contributed by atoms with Crippen LogP contribution in [0.2, 0.25) is 0 Å². The van der Waals surface area contributed by atoms with Crippen LogP contribution in [0.15, 0.2) is 38.4 Å². The van der Waals surface area contributed by atoms with Crippen molar-refractivity contribution in [2.45, 2.75) is 84.3 Å². The molecule has 1 heterocycles. The van der Waals surface area contributed by atoms with E-state index in [0.717, 1.165) is 44.2 Å². The van der Waals surface area contributed by atoms with Gasteiger partial charge in [0.1, 0.15) is 5.60 Å². The normalized spacial score (nSPS) is 33.6. The van der Waals surface area contributed by atoms with Crippen LogP contribution in [-0.2, 0) is 14.7 Å². The number of nitrogens with one attached hydrogen (secondary N) is 1. The SMILES string of the molecule is CC(C)(O)C1C=C(S(N)(=O)=NC(=O)NC2=C3CCCC3=CC3CCCC23C)OC1(C)C. The lowest BCUT2D eigenvalue weighted by Crippen LogP contribution is -2.42. The molecular formula is C23H35N3O4S. The summed E-state index contributed by atoms with van der Waals surface area (Å²) < 4.78 is 22.8. The number of fused-ring (bicyclic) bond motifs is 2. The molecule has 2 saturated carbocycles. The third-order valence-corrected chi connectivity index (χ3v) is 8.71. The number of hydrogen-bond acceptors (Lipinski definition) is 4. The van der Waals surface area contributed by atoms with Gasteiger partial charge in [-0.25, -0.2) is 14.1 Å². The zero-order valence-electron chi connectivity index (χ0n) is 19.2. The monoisotopic (exact) mass is 449 g/mol. The highest BCUT2D eigenvalue weighted by Gasteiger charge is 2.48. The average molecular weight is 450 g/mol. The summed E-state index contributed by atoms with van der Waals surface area (Å²) in [5.41, 5.74) is 1.45. The number of hydrogen-bond donors (Lipinski definition) is 3. The highest BCUT2D eigenvalue weighted by atomic mass is 32.2. The minimum atomic E-state index is -3.58. The van der Waals surface area contributed by atoms with Crippen molar-refractivity contribution in [3.8, 4) is 0 Å². The van der Waals surface area contributed by atoms with Crippen LogP contribution in [0.4, 0.5) is 4.79 Å². The second-order valence-electron chi connectivity index (χ2n) is 10.7. The zero-order chi connectivity index (χ0) is 22.8. The number of urea groups is 1. The molecule has 7 nitrogen and oxygen atoms in total. The van der Waals surface area contributed by atoms with E-state index in [-0.39, 0.29) is 10.5 Å². The van der Waals surface area contributed by atoms with Crippen LogP contribution in [0.25, 0.3) is 0 Å². The van der Waals surface area contributed by atoms with E-state index in [0.29, 0.717) is 5.92 Å². The van der Waals surface area contributed by atoms with Gasteiger partial charge in [-0.2, -0.15) is 0 Å². The highest BCUT2D eigenvalue weighted by Crippen LogP contribution is 2.55. The van der Waals surface area contributed by atoms with Crippen LogP contribution < -0.4 is 10.5 Å². The molecule has 31 heavy (non-hydrogen) atoms. The van der Waals surface area contributed by atoms with Gasteiger partial charge in [0, 0.05) is 17.0 Å². The molecule has 4 unspecified atom stereocenters. The Hall–Kier alpha value is -1.64. The molecule has 0 saturated heterocycles. The average Bonchev–Trinajstić information content (AvgIpc) is 3.30. The predicted octanol–water partition coefficient (Wildman–Crippen LogP) is 4.26. The lowest BCUT2D eigenvalue weighted by molar-refractivity contribution is -0.0572.